The molecule has 2 rings (SSSR count). The van der Waals surface area contributed by atoms with Crippen LogP contribution in [0.1, 0.15) is 28.3 Å². The monoisotopic (exact) mass is 270 g/mol. The van der Waals surface area contributed by atoms with E-state index in [9.17, 15) is 4.79 Å². The van der Waals surface area contributed by atoms with Crippen LogP contribution in [0.2, 0.25) is 0 Å². The van der Waals surface area contributed by atoms with E-state index in [1.807, 2.05) is 30.3 Å². The van der Waals surface area contributed by atoms with Gasteiger partial charge in [-0.15, -0.1) is 0 Å². The molecule has 0 saturated carbocycles. The average Bonchev–Trinajstić information content (AvgIpc) is 2.53. The van der Waals surface area contributed by atoms with Gasteiger partial charge in [0.2, 0.25) is 0 Å². The maximum Gasteiger partial charge on any atom is 0.252 e. The van der Waals surface area contributed by atoms with Gasteiger partial charge in [-0.3, -0.25) is 9.78 Å². The second-order valence-electron chi connectivity index (χ2n) is 4.57. The van der Waals surface area contributed by atoms with Crippen LogP contribution in [-0.4, -0.2) is 29.1 Å². The molecule has 2 N–H and O–H groups in total. The second kappa shape index (κ2) is 7.40. The third-order valence-corrected chi connectivity index (χ3v) is 3.18. The van der Waals surface area contributed by atoms with Crippen molar-refractivity contribution in [1.29, 1.82) is 0 Å². The van der Waals surface area contributed by atoms with Gasteiger partial charge in [0, 0.05) is 31.5 Å². The van der Waals surface area contributed by atoms with E-state index in [0.29, 0.717) is 18.5 Å². The summed E-state index contributed by atoms with van der Waals surface area (Å²) >= 11 is 0. The van der Waals surface area contributed by atoms with Gasteiger partial charge in [0.05, 0.1) is 5.56 Å². The predicted octanol–water partition coefficient (Wildman–Crippen LogP) is 1.98. The van der Waals surface area contributed by atoms with Crippen molar-refractivity contribution in [2.75, 3.05) is 13.2 Å². The Balaban J connectivity index is 1.98. The molecule has 0 fully saturated rings. The van der Waals surface area contributed by atoms with Gasteiger partial charge in [0.1, 0.15) is 0 Å². The lowest BCUT2D eigenvalue weighted by Crippen LogP contribution is -2.28. The minimum atomic E-state index is -0.142. The summed E-state index contributed by atoms with van der Waals surface area (Å²) in [5.74, 6) is -0.0289. The number of nitrogens with zero attached hydrogens (tertiary/aromatic N) is 1. The lowest BCUT2D eigenvalue weighted by molar-refractivity contribution is 0.0949. The molecule has 1 unspecified atom stereocenters. The molecule has 0 aliphatic heterocycles. The van der Waals surface area contributed by atoms with Crippen molar-refractivity contribution >= 4 is 5.91 Å². The number of hydrogen-bond acceptors (Lipinski definition) is 3. The fraction of sp³-hybridized carbons (Fsp3) is 0.250. The molecular formula is C16H18N2O2. The Hall–Kier alpha value is -2.20. The Morgan fingerprint density at radius 3 is 2.65 bits per heavy atom. The number of amides is 1. The summed E-state index contributed by atoms with van der Waals surface area (Å²) in [6.45, 7) is 0.598. The molecule has 4 nitrogen and oxygen atoms in total. The Labute approximate surface area is 118 Å². The van der Waals surface area contributed by atoms with Crippen LogP contribution in [0.15, 0.2) is 54.9 Å². The third-order valence-electron chi connectivity index (χ3n) is 3.18. The molecule has 1 amide bonds. The van der Waals surface area contributed by atoms with Crippen LogP contribution in [0, 0.1) is 0 Å². The number of aliphatic hydroxyl groups is 1. The quantitative estimate of drug-likeness (QED) is 0.843. The van der Waals surface area contributed by atoms with E-state index in [4.69, 9.17) is 5.11 Å². The molecular weight excluding hydrogens is 252 g/mol. The van der Waals surface area contributed by atoms with Crippen LogP contribution in [0.5, 0.6) is 0 Å². The molecule has 2 aromatic rings. The highest BCUT2D eigenvalue weighted by atomic mass is 16.3. The van der Waals surface area contributed by atoms with E-state index >= 15 is 0 Å². The van der Waals surface area contributed by atoms with Crippen LogP contribution >= 0.6 is 0 Å². The number of rotatable bonds is 6. The maximum absolute atomic E-state index is 12.0. The zero-order valence-electron chi connectivity index (χ0n) is 11.2. The van der Waals surface area contributed by atoms with Crippen molar-refractivity contribution in [3.8, 4) is 0 Å². The van der Waals surface area contributed by atoms with E-state index < -0.39 is 0 Å². The molecule has 1 aromatic heterocycles. The Kier molecular flexibility index (Phi) is 5.26. The van der Waals surface area contributed by atoms with E-state index in [2.05, 4.69) is 10.3 Å². The van der Waals surface area contributed by atoms with Crippen molar-refractivity contribution < 1.29 is 9.90 Å². The number of carbonyl (C=O) groups excluding carboxylic acids is 1. The second-order valence-corrected chi connectivity index (χ2v) is 4.57. The van der Waals surface area contributed by atoms with Gasteiger partial charge < -0.3 is 10.4 Å². The van der Waals surface area contributed by atoms with Gasteiger partial charge in [-0.2, -0.15) is 0 Å². The van der Waals surface area contributed by atoms with Crippen molar-refractivity contribution in [3.63, 3.8) is 0 Å². The fourth-order valence-corrected chi connectivity index (χ4v) is 2.08. The molecule has 0 spiro atoms. The molecule has 104 valence electrons. The number of nitrogens with one attached hydrogen (secondary N) is 1. The van der Waals surface area contributed by atoms with E-state index in [1.54, 1.807) is 24.5 Å². The number of pyridine rings is 1. The minimum Gasteiger partial charge on any atom is -0.396 e. The lowest BCUT2D eigenvalue weighted by atomic mass is 9.96. The molecule has 1 heterocycles. The van der Waals surface area contributed by atoms with Crippen molar-refractivity contribution in [1.82, 2.24) is 10.3 Å². The SMILES string of the molecule is O=C(NCC(CCO)c1ccccc1)c1cccnc1. The maximum atomic E-state index is 12.0. The largest absolute Gasteiger partial charge is 0.396 e. The highest BCUT2D eigenvalue weighted by molar-refractivity contribution is 5.93. The average molecular weight is 270 g/mol. The molecule has 20 heavy (non-hydrogen) atoms. The number of aliphatic hydroxyl groups excluding tert-OH is 1. The first-order valence-electron chi connectivity index (χ1n) is 6.65. The summed E-state index contributed by atoms with van der Waals surface area (Å²) in [7, 11) is 0. The zero-order valence-corrected chi connectivity index (χ0v) is 11.2. The molecule has 0 radical (unpaired) electrons. The van der Waals surface area contributed by atoms with Crippen LogP contribution in [-0.2, 0) is 0 Å². The highest BCUT2D eigenvalue weighted by Gasteiger charge is 2.13. The van der Waals surface area contributed by atoms with Gasteiger partial charge in [0.25, 0.3) is 5.91 Å². The summed E-state index contributed by atoms with van der Waals surface area (Å²) in [6, 6.07) is 13.4. The number of aromatic nitrogens is 1. The molecule has 0 saturated heterocycles. The number of hydrogen-bond donors (Lipinski definition) is 2. The van der Waals surface area contributed by atoms with Gasteiger partial charge in [-0.1, -0.05) is 30.3 Å². The van der Waals surface area contributed by atoms with Gasteiger partial charge in [-0.25, -0.2) is 0 Å². The minimum absolute atomic E-state index is 0.0995. The van der Waals surface area contributed by atoms with E-state index in [1.165, 1.54) is 0 Å². The van der Waals surface area contributed by atoms with Crippen LogP contribution < -0.4 is 5.32 Å². The highest BCUT2D eigenvalue weighted by Crippen LogP contribution is 2.18. The molecule has 0 aliphatic carbocycles. The molecule has 1 aromatic carbocycles. The zero-order chi connectivity index (χ0) is 14.2. The summed E-state index contributed by atoms with van der Waals surface area (Å²) < 4.78 is 0. The van der Waals surface area contributed by atoms with E-state index in [-0.39, 0.29) is 18.4 Å². The van der Waals surface area contributed by atoms with Crippen molar-refractivity contribution in [2.24, 2.45) is 0 Å². The van der Waals surface area contributed by atoms with Gasteiger partial charge >= 0.3 is 0 Å². The van der Waals surface area contributed by atoms with Crippen molar-refractivity contribution in [3.05, 3.63) is 66.0 Å². The Morgan fingerprint density at radius 2 is 2.00 bits per heavy atom. The van der Waals surface area contributed by atoms with Crippen LogP contribution in [0.3, 0.4) is 0 Å². The molecule has 0 bridgehead atoms. The summed E-state index contributed by atoms with van der Waals surface area (Å²) in [4.78, 5) is 15.9. The number of carbonyl (C=O) groups is 1. The van der Waals surface area contributed by atoms with Gasteiger partial charge in [-0.05, 0) is 24.1 Å². The molecule has 1 atom stereocenters. The standard InChI is InChI=1S/C16H18N2O2/c19-10-8-14(13-5-2-1-3-6-13)12-18-16(20)15-7-4-9-17-11-15/h1-7,9,11,14,19H,8,10,12H2,(H,18,20). The fourth-order valence-electron chi connectivity index (χ4n) is 2.08. The Morgan fingerprint density at radius 1 is 1.20 bits per heavy atom. The molecule has 4 heteroatoms. The predicted molar refractivity (Wildman–Crippen MR) is 77.5 cm³/mol. The Bertz CT molecular complexity index is 529. The summed E-state index contributed by atoms with van der Waals surface area (Å²) in [5.41, 5.74) is 1.66. The van der Waals surface area contributed by atoms with Crippen molar-refractivity contribution in [2.45, 2.75) is 12.3 Å². The first-order chi connectivity index (χ1) is 9.81. The summed E-state index contributed by atoms with van der Waals surface area (Å²) in [5, 5.41) is 12.0. The van der Waals surface area contributed by atoms with Gasteiger partial charge in [0.15, 0.2) is 0 Å². The summed E-state index contributed by atoms with van der Waals surface area (Å²) in [6.07, 6.45) is 3.80. The first-order valence-corrected chi connectivity index (χ1v) is 6.65. The molecule has 0 aliphatic rings. The normalized spacial score (nSPS) is 11.8. The van der Waals surface area contributed by atoms with E-state index in [0.717, 1.165) is 5.56 Å². The van der Waals surface area contributed by atoms with Crippen LogP contribution in [0.25, 0.3) is 0 Å². The number of benzene rings is 1. The smallest absolute Gasteiger partial charge is 0.252 e. The topological polar surface area (TPSA) is 62.2 Å². The third kappa shape index (κ3) is 3.90. The lowest BCUT2D eigenvalue weighted by Gasteiger charge is -2.17. The first kappa shape index (κ1) is 14.2. The van der Waals surface area contributed by atoms with Crippen LogP contribution in [0.4, 0.5) is 0 Å².